The number of pyridine rings is 1. The summed E-state index contributed by atoms with van der Waals surface area (Å²) >= 11 is 0. The molecule has 1 heterocycles. The van der Waals surface area contributed by atoms with Gasteiger partial charge in [-0.15, -0.1) is 0 Å². The van der Waals surface area contributed by atoms with E-state index >= 15 is 0 Å². The number of hydrogen-bond acceptors (Lipinski definition) is 5. The SMILES string of the molecule is CCNc1cccc(COc2ccc([N+](=O)[O-])cc2F)n1. The normalized spacial score (nSPS) is 10.2. The van der Waals surface area contributed by atoms with E-state index in [-0.39, 0.29) is 18.0 Å². The van der Waals surface area contributed by atoms with Crippen LogP contribution in [0, 0.1) is 15.9 Å². The molecule has 0 atom stereocenters. The lowest BCUT2D eigenvalue weighted by Gasteiger charge is -2.08. The minimum atomic E-state index is -0.771. The van der Waals surface area contributed by atoms with Gasteiger partial charge in [-0.2, -0.15) is 0 Å². The second kappa shape index (κ2) is 6.65. The molecule has 1 aromatic carbocycles. The topological polar surface area (TPSA) is 77.3 Å². The van der Waals surface area contributed by atoms with Crippen molar-refractivity contribution in [2.75, 3.05) is 11.9 Å². The molecule has 21 heavy (non-hydrogen) atoms. The summed E-state index contributed by atoms with van der Waals surface area (Å²) in [4.78, 5) is 14.2. The lowest BCUT2D eigenvalue weighted by Crippen LogP contribution is -2.04. The summed E-state index contributed by atoms with van der Waals surface area (Å²) in [6, 6.07) is 8.65. The van der Waals surface area contributed by atoms with Crippen molar-refractivity contribution in [1.29, 1.82) is 0 Å². The number of anilines is 1. The summed E-state index contributed by atoms with van der Waals surface area (Å²) < 4.78 is 19.0. The Labute approximate surface area is 120 Å². The van der Waals surface area contributed by atoms with E-state index in [0.717, 1.165) is 12.6 Å². The maximum atomic E-state index is 13.7. The van der Waals surface area contributed by atoms with Gasteiger partial charge < -0.3 is 10.1 Å². The Hall–Kier alpha value is -2.70. The molecule has 6 nitrogen and oxygen atoms in total. The first-order chi connectivity index (χ1) is 10.1. The molecule has 0 spiro atoms. The molecule has 0 aliphatic heterocycles. The number of halogens is 1. The second-order valence-corrected chi connectivity index (χ2v) is 4.21. The third kappa shape index (κ3) is 3.88. The maximum Gasteiger partial charge on any atom is 0.272 e. The highest BCUT2D eigenvalue weighted by Gasteiger charge is 2.11. The molecule has 110 valence electrons. The fourth-order valence-corrected chi connectivity index (χ4v) is 1.71. The number of non-ortho nitro benzene ring substituents is 1. The molecule has 0 radical (unpaired) electrons. The molecule has 1 aromatic heterocycles. The van der Waals surface area contributed by atoms with Crippen LogP contribution < -0.4 is 10.1 Å². The minimum Gasteiger partial charge on any atom is -0.484 e. The molecule has 0 bridgehead atoms. The molecule has 0 saturated heterocycles. The molecule has 1 N–H and O–H groups in total. The summed E-state index contributed by atoms with van der Waals surface area (Å²) in [5.74, 6) is -0.105. The van der Waals surface area contributed by atoms with Crippen LogP contribution >= 0.6 is 0 Å². The van der Waals surface area contributed by atoms with E-state index in [0.29, 0.717) is 11.5 Å². The summed E-state index contributed by atoms with van der Waals surface area (Å²) in [6.45, 7) is 2.78. The number of nitrogens with one attached hydrogen (secondary N) is 1. The van der Waals surface area contributed by atoms with Gasteiger partial charge in [-0.05, 0) is 25.1 Å². The average molecular weight is 291 g/mol. The van der Waals surface area contributed by atoms with Crippen molar-refractivity contribution < 1.29 is 14.1 Å². The van der Waals surface area contributed by atoms with Gasteiger partial charge in [0, 0.05) is 12.6 Å². The largest absolute Gasteiger partial charge is 0.484 e. The predicted molar refractivity (Wildman–Crippen MR) is 75.8 cm³/mol. The van der Waals surface area contributed by atoms with Gasteiger partial charge in [-0.3, -0.25) is 10.1 Å². The van der Waals surface area contributed by atoms with Crippen molar-refractivity contribution in [3.05, 3.63) is 58.0 Å². The fraction of sp³-hybridized carbons (Fsp3) is 0.214. The Bertz CT molecular complexity index is 649. The van der Waals surface area contributed by atoms with Crippen LogP contribution in [0.4, 0.5) is 15.9 Å². The highest BCUT2D eigenvalue weighted by Crippen LogP contribution is 2.23. The van der Waals surface area contributed by atoms with Gasteiger partial charge in [0.15, 0.2) is 11.6 Å². The first kappa shape index (κ1) is 14.7. The number of benzene rings is 1. The van der Waals surface area contributed by atoms with Crippen LogP contribution in [-0.4, -0.2) is 16.5 Å². The zero-order valence-corrected chi connectivity index (χ0v) is 11.4. The van der Waals surface area contributed by atoms with Crippen LogP contribution in [0.2, 0.25) is 0 Å². The van der Waals surface area contributed by atoms with E-state index in [2.05, 4.69) is 10.3 Å². The first-order valence-electron chi connectivity index (χ1n) is 6.36. The van der Waals surface area contributed by atoms with Crippen LogP contribution in [0.5, 0.6) is 5.75 Å². The van der Waals surface area contributed by atoms with E-state index < -0.39 is 10.7 Å². The van der Waals surface area contributed by atoms with Gasteiger partial charge in [-0.1, -0.05) is 6.07 Å². The molecule has 0 fully saturated rings. The standard InChI is InChI=1S/C14H14FN3O3/c1-2-16-14-5-3-4-10(17-14)9-21-13-7-6-11(18(19)20)8-12(13)15/h3-8H,2,9H2,1H3,(H,16,17). The molecular formula is C14H14FN3O3. The van der Waals surface area contributed by atoms with Gasteiger partial charge >= 0.3 is 0 Å². The smallest absolute Gasteiger partial charge is 0.272 e. The van der Waals surface area contributed by atoms with Crippen LogP contribution in [0.25, 0.3) is 0 Å². The van der Waals surface area contributed by atoms with E-state index in [9.17, 15) is 14.5 Å². The Kier molecular flexibility index (Phi) is 4.65. The van der Waals surface area contributed by atoms with E-state index in [4.69, 9.17) is 4.74 Å². The van der Waals surface area contributed by atoms with Crippen LogP contribution in [-0.2, 0) is 6.61 Å². The van der Waals surface area contributed by atoms with Crippen molar-refractivity contribution in [3.63, 3.8) is 0 Å². The van der Waals surface area contributed by atoms with Crippen LogP contribution in [0.3, 0.4) is 0 Å². The molecule has 0 amide bonds. The van der Waals surface area contributed by atoms with Crippen molar-refractivity contribution in [1.82, 2.24) is 4.98 Å². The average Bonchev–Trinajstić information content (AvgIpc) is 2.46. The van der Waals surface area contributed by atoms with Gasteiger partial charge in [0.2, 0.25) is 0 Å². The molecule has 0 aliphatic rings. The fourth-order valence-electron chi connectivity index (χ4n) is 1.71. The number of nitrogens with zero attached hydrogens (tertiary/aromatic N) is 2. The van der Waals surface area contributed by atoms with Gasteiger partial charge in [0.25, 0.3) is 5.69 Å². The van der Waals surface area contributed by atoms with Crippen molar-refractivity contribution >= 4 is 11.5 Å². The molecule has 7 heteroatoms. The van der Waals surface area contributed by atoms with Gasteiger partial charge in [-0.25, -0.2) is 9.37 Å². The maximum absolute atomic E-state index is 13.7. The zero-order valence-electron chi connectivity index (χ0n) is 11.4. The van der Waals surface area contributed by atoms with E-state index in [1.54, 1.807) is 6.07 Å². The quantitative estimate of drug-likeness (QED) is 0.653. The monoisotopic (exact) mass is 291 g/mol. The molecular weight excluding hydrogens is 277 g/mol. The second-order valence-electron chi connectivity index (χ2n) is 4.21. The van der Waals surface area contributed by atoms with E-state index in [1.807, 2.05) is 19.1 Å². The number of hydrogen-bond donors (Lipinski definition) is 1. The highest BCUT2D eigenvalue weighted by molar-refractivity contribution is 5.38. The molecule has 0 unspecified atom stereocenters. The number of nitro benzene ring substituents is 1. The van der Waals surface area contributed by atoms with Crippen molar-refractivity contribution in [2.45, 2.75) is 13.5 Å². The summed E-state index contributed by atoms with van der Waals surface area (Å²) in [5, 5.41) is 13.6. The number of rotatable bonds is 6. The summed E-state index contributed by atoms with van der Waals surface area (Å²) in [5.41, 5.74) is 0.318. The lowest BCUT2D eigenvalue weighted by molar-refractivity contribution is -0.385. The molecule has 2 rings (SSSR count). The predicted octanol–water partition coefficient (Wildman–Crippen LogP) is 3.14. The summed E-state index contributed by atoms with van der Waals surface area (Å²) in [6.07, 6.45) is 0. The minimum absolute atomic E-state index is 0.0451. The van der Waals surface area contributed by atoms with Gasteiger partial charge in [0.05, 0.1) is 16.7 Å². The summed E-state index contributed by atoms with van der Waals surface area (Å²) in [7, 11) is 0. The molecule has 0 saturated carbocycles. The zero-order chi connectivity index (χ0) is 15.2. The highest BCUT2D eigenvalue weighted by atomic mass is 19.1. The lowest BCUT2D eigenvalue weighted by atomic mass is 10.3. The van der Waals surface area contributed by atoms with Crippen LogP contribution in [0.1, 0.15) is 12.6 Å². The third-order valence-electron chi connectivity index (χ3n) is 2.67. The van der Waals surface area contributed by atoms with Crippen molar-refractivity contribution in [2.24, 2.45) is 0 Å². The molecule has 0 aliphatic carbocycles. The first-order valence-corrected chi connectivity index (χ1v) is 6.36. The Morgan fingerprint density at radius 3 is 2.86 bits per heavy atom. The Balaban J connectivity index is 2.06. The third-order valence-corrected chi connectivity index (χ3v) is 2.67. The van der Waals surface area contributed by atoms with Gasteiger partial charge in [0.1, 0.15) is 12.4 Å². The number of nitro groups is 1. The number of ether oxygens (including phenoxy) is 1. The van der Waals surface area contributed by atoms with Crippen LogP contribution in [0.15, 0.2) is 36.4 Å². The van der Waals surface area contributed by atoms with Crippen molar-refractivity contribution in [3.8, 4) is 5.75 Å². The number of aromatic nitrogens is 1. The Morgan fingerprint density at radius 1 is 1.38 bits per heavy atom. The molecule has 2 aromatic rings. The Morgan fingerprint density at radius 2 is 2.19 bits per heavy atom. The van der Waals surface area contributed by atoms with E-state index in [1.165, 1.54) is 12.1 Å².